The number of aryl methyl sites for hydroxylation is 4. The molecule has 4 fully saturated rings. The molecule has 4 aliphatic carbocycles. The molecule has 4 saturated carbocycles. The summed E-state index contributed by atoms with van der Waals surface area (Å²) in [5.74, 6) is 7.00. The number of carbonyl (C=O) groups excluding carboxylic acids is 4. The predicted molar refractivity (Wildman–Crippen MR) is 376 cm³/mol. The van der Waals surface area contributed by atoms with E-state index in [2.05, 4.69) is 130 Å². The summed E-state index contributed by atoms with van der Waals surface area (Å²) in [6.07, 6.45) is 27.2. The van der Waals surface area contributed by atoms with Crippen molar-refractivity contribution in [3.63, 3.8) is 0 Å². The lowest BCUT2D eigenvalue weighted by Crippen LogP contribution is -2.35. The highest BCUT2D eigenvalue weighted by atomic mass is 16.6. The standard InChI is InChI=1S/C22H31NO2.C20H31NO2.C20H30O2.C19H29NO2/c1-15(2)18-12-11-16(3)13-21(18)25-22(24)10-6-7-17-14-23-20-9-5-4-8-19(17)20;1-14(2)18-12-7-15(3)13-19(18)23-20(22)6-4-5-16-8-10-17(21)11-9-16;1-15(2)18-13-12-16(3)14-19(18)22-20(21)11-7-10-17-8-5-4-6-9-17;1-14(2)17-11-10-15(3)13-18(17)22-19(21)9-6-8-16-7-4-5-12-20-16/h4-5,8-9,14-16,18,21,23H,6-7,10-13H2,1-3H3;8-11,14-15,18-19H,4-7,12-13,21H2,1-3H3;4-6,8-9,15-16,18-19H,7,10-14H2,1-3H3;4-5,7,12,14-15,17-18H,6,8-11,13H2,1-3H3. The first kappa shape index (κ1) is 75.1. The summed E-state index contributed by atoms with van der Waals surface area (Å²) in [5.41, 5.74) is 12.5. The number of aromatic nitrogens is 2. The van der Waals surface area contributed by atoms with Gasteiger partial charge >= 0.3 is 23.9 Å². The molecule has 2 heterocycles. The van der Waals surface area contributed by atoms with Crippen LogP contribution in [0.15, 0.2) is 109 Å². The third-order valence-corrected chi connectivity index (χ3v) is 20.5. The first-order valence-corrected chi connectivity index (χ1v) is 36.2. The summed E-state index contributed by atoms with van der Waals surface area (Å²) in [4.78, 5) is 56.4. The summed E-state index contributed by atoms with van der Waals surface area (Å²) in [7, 11) is 0. The van der Waals surface area contributed by atoms with Gasteiger partial charge in [-0.3, -0.25) is 24.2 Å². The number of para-hydroxylation sites is 1. The van der Waals surface area contributed by atoms with Gasteiger partial charge in [-0.05, 0) is 221 Å². The summed E-state index contributed by atoms with van der Waals surface area (Å²) >= 11 is 0. The highest BCUT2D eigenvalue weighted by molar-refractivity contribution is 5.83. The Kier molecular flexibility index (Phi) is 32.4. The molecule has 9 rings (SSSR count). The van der Waals surface area contributed by atoms with E-state index in [4.69, 9.17) is 24.7 Å². The van der Waals surface area contributed by atoms with Crippen molar-refractivity contribution in [2.45, 2.75) is 262 Å². The van der Waals surface area contributed by atoms with Gasteiger partial charge in [-0.2, -0.15) is 0 Å². The van der Waals surface area contributed by atoms with Crippen molar-refractivity contribution in [1.29, 1.82) is 0 Å². The molecule has 11 nitrogen and oxygen atoms in total. The number of anilines is 1. The number of H-pyrrole nitrogens is 1. The summed E-state index contributed by atoms with van der Waals surface area (Å²) in [6.45, 7) is 27.0. The molecule has 11 heteroatoms. The molecular weight excluding hydrogens is 1140 g/mol. The molecule has 0 spiro atoms. The molecule has 2 aromatic heterocycles. The molecular formula is C81H121N3O8. The van der Waals surface area contributed by atoms with Crippen molar-refractivity contribution in [2.24, 2.45) is 71.0 Å². The van der Waals surface area contributed by atoms with Crippen molar-refractivity contribution in [2.75, 3.05) is 5.73 Å². The minimum atomic E-state index is -0.0410. The molecule has 0 bridgehead atoms. The maximum atomic E-state index is 12.3. The van der Waals surface area contributed by atoms with Gasteiger partial charge < -0.3 is 29.7 Å². The quantitative estimate of drug-likeness (QED) is 0.0346. The van der Waals surface area contributed by atoms with Gasteiger partial charge in [0.25, 0.3) is 0 Å². The van der Waals surface area contributed by atoms with Crippen molar-refractivity contribution in [3.05, 3.63) is 132 Å². The van der Waals surface area contributed by atoms with Crippen LogP contribution in [0.4, 0.5) is 5.69 Å². The van der Waals surface area contributed by atoms with E-state index < -0.39 is 0 Å². The molecule has 0 radical (unpaired) electrons. The van der Waals surface area contributed by atoms with E-state index in [1.54, 1.807) is 6.20 Å². The largest absolute Gasteiger partial charge is 0.462 e. The predicted octanol–water partition coefficient (Wildman–Crippen LogP) is 19.5. The van der Waals surface area contributed by atoms with Crippen molar-refractivity contribution in [3.8, 4) is 0 Å². The number of hydrogen-bond acceptors (Lipinski definition) is 10. The third-order valence-electron chi connectivity index (χ3n) is 20.5. The van der Waals surface area contributed by atoms with E-state index in [1.807, 2.05) is 66.7 Å². The van der Waals surface area contributed by atoms with E-state index in [-0.39, 0.29) is 48.3 Å². The molecule has 0 amide bonds. The second-order valence-corrected chi connectivity index (χ2v) is 29.7. The van der Waals surface area contributed by atoms with Gasteiger partial charge in [-0.25, -0.2) is 0 Å². The number of nitrogens with one attached hydrogen (secondary N) is 1. The Labute approximate surface area is 556 Å². The van der Waals surface area contributed by atoms with E-state index >= 15 is 0 Å². The summed E-state index contributed by atoms with van der Waals surface area (Å²) in [5, 5.41) is 1.26. The lowest BCUT2D eigenvalue weighted by atomic mass is 9.75. The Morgan fingerprint density at radius 2 is 0.793 bits per heavy atom. The zero-order valence-electron chi connectivity index (χ0n) is 58.9. The normalized spacial score (nSPS) is 24.7. The van der Waals surface area contributed by atoms with Crippen LogP contribution in [0.25, 0.3) is 10.9 Å². The van der Waals surface area contributed by atoms with Crippen molar-refractivity contribution >= 4 is 40.5 Å². The average Bonchev–Trinajstić information content (AvgIpc) is 1.86. The zero-order valence-corrected chi connectivity index (χ0v) is 58.9. The van der Waals surface area contributed by atoms with Gasteiger partial charge in [0.1, 0.15) is 24.4 Å². The maximum absolute atomic E-state index is 12.3. The lowest BCUT2D eigenvalue weighted by molar-refractivity contribution is -0.157. The van der Waals surface area contributed by atoms with E-state index in [0.29, 0.717) is 96.7 Å². The highest BCUT2D eigenvalue weighted by Crippen LogP contribution is 2.39. The molecule has 12 unspecified atom stereocenters. The van der Waals surface area contributed by atoms with Crippen LogP contribution in [0.5, 0.6) is 0 Å². The number of rotatable bonds is 24. The third kappa shape index (κ3) is 26.4. The lowest BCUT2D eigenvalue weighted by Gasteiger charge is -2.36. The van der Waals surface area contributed by atoms with Crippen LogP contribution in [0.3, 0.4) is 0 Å². The number of aromatic amines is 1. The number of esters is 4. The van der Waals surface area contributed by atoms with Gasteiger partial charge in [0.2, 0.25) is 0 Å². The van der Waals surface area contributed by atoms with E-state index in [0.717, 1.165) is 93.9 Å². The van der Waals surface area contributed by atoms with Crippen LogP contribution >= 0.6 is 0 Å². The van der Waals surface area contributed by atoms with E-state index in [9.17, 15) is 19.2 Å². The second-order valence-electron chi connectivity index (χ2n) is 29.7. The number of nitrogen functional groups attached to an aromatic ring is 1. The number of carbonyl (C=O) groups is 4. The zero-order chi connectivity index (χ0) is 66.5. The molecule has 508 valence electrons. The molecule has 92 heavy (non-hydrogen) atoms. The fourth-order valence-corrected chi connectivity index (χ4v) is 14.8. The molecule has 0 aliphatic heterocycles. The van der Waals surface area contributed by atoms with Crippen molar-refractivity contribution < 1.29 is 38.1 Å². The van der Waals surface area contributed by atoms with Crippen LogP contribution in [0, 0.1) is 71.0 Å². The fraction of sp³-hybridized carbons (Fsp3) is 0.642. The van der Waals surface area contributed by atoms with Crippen LogP contribution in [0.2, 0.25) is 0 Å². The Morgan fingerprint density at radius 3 is 1.18 bits per heavy atom. The monoisotopic (exact) mass is 1260 g/mol. The number of nitrogens with two attached hydrogens (primary N) is 1. The number of pyridine rings is 1. The number of ether oxygens (including phenoxy) is 4. The highest BCUT2D eigenvalue weighted by Gasteiger charge is 2.37. The van der Waals surface area contributed by atoms with Gasteiger partial charge in [-0.15, -0.1) is 0 Å². The van der Waals surface area contributed by atoms with Crippen LogP contribution in [0.1, 0.15) is 234 Å². The molecule has 5 aromatic rings. The first-order chi connectivity index (χ1) is 44.1. The average molecular weight is 1260 g/mol. The minimum Gasteiger partial charge on any atom is -0.462 e. The summed E-state index contributed by atoms with van der Waals surface area (Å²) < 4.78 is 23.4. The Bertz CT molecular complexity index is 2800. The molecule has 3 aromatic carbocycles. The molecule has 12 atom stereocenters. The first-order valence-electron chi connectivity index (χ1n) is 36.2. The van der Waals surface area contributed by atoms with E-state index in [1.165, 1.54) is 73.4 Å². The number of nitrogens with zero attached hydrogens (tertiary/aromatic N) is 1. The smallest absolute Gasteiger partial charge is 0.306 e. The van der Waals surface area contributed by atoms with Gasteiger partial charge in [0.15, 0.2) is 0 Å². The topological polar surface area (TPSA) is 160 Å². The molecule has 3 N–H and O–H groups in total. The van der Waals surface area contributed by atoms with Gasteiger partial charge in [0.05, 0.1) is 0 Å². The van der Waals surface area contributed by atoms with Crippen molar-refractivity contribution in [1.82, 2.24) is 9.97 Å². The number of benzene rings is 3. The maximum Gasteiger partial charge on any atom is 0.306 e. The number of hydrogen-bond donors (Lipinski definition) is 2. The molecule has 4 aliphatic rings. The fourth-order valence-electron chi connectivity index (χ4n) is 14.8. The van der Waals surface area contributed by atoms with Crippen LogP contribution < -0.4 is 5.73 Å². The SMILES string of the molecule is CC1CCC(C(C)C)C(OC(=O)CCCc2c[nH]c3ccccc23)C1.CC1CCC(C(C)C)C(OC(=O)CCCc2ccc(N)cc2)C1.CC1CCC(C(C)C)C(OC(=O)CCCc2ccccc2)C1.CC1CCC(C(C)C)C(OC(=O)CCCc2ccccn2)C1. The second kappa shape index (κ2) is 39.7. The van der Waals surface area contributed by atoms with Crippen LogP contribution in [-0.2, 0) is 63.8 Å². The Balaban J connectivity index is 0.000000195. The molecule has 0 saturated heterocycles. The van der Waals surface area contributed by atoms with Gasteiger partial charge in [-0.1, -0.05) is 175 Å². The Hall–Kier alpha value is -5.97. The minimum absolute atomic E-state index is 0.0133. The van der Waals surface area contributed by atoms with Gasteiger partial charge in [0, 0.05) is 60.4 Å². The summed E-state index contributed by atoms with van der Waals surface area (Å²) in [6, 6.07) is 32.4. The Morgan fingerprint density at radius 1 is 0.435 bits per heavy atom. The van der Waals surface area contributed by atoms with Crippen LogP contribution in [-0.4, -0.2) is 58.3 Å². The number of fused-ring (bicyclic) bond motifs is 1.